The lowest BCUT2D eigenvalue weighted by Crippen LogP contribution is -2.33. The summed E-state index contributed by atoms with van der Waals surface area (Å²) in [7, 11) is 3.66. The molecule has 6 nitrogen and oxygen atoms in total. The zero-order chi connectivity index (χ0) is 14.9. The third-order valence-corrected chi connectivity index (χ3v) is 4.09. The number of amides is 1. The van der Waals surface area contributed by atoms with Crippen LogP contribution < -0.4 is 0 Å². The number of hydrogen-bond donors (Lipinski definition) is 0. The molecule has 2 rings (SSSR count). The fourth-order valence-corrected chi connectivity index (χ4v) is 2.26. The van der Waals surface area contributed by atoms with E-state index in [1.54, 1.807) is 27.5 Å². The molecule has 1 atom stereocenters. The summed E-state index contributed by atoms with van der Waals surface area (Å²) >= 11 is 3.41. The van der Waals surface area contributed by atoms with Gasteiger partial charge in [-0.2, -0.15) is 10.2 Å². The standard InChI is InChI=1S/C13H18BrN5O/c1-9-12(14)8-19(16-9)10(2)13(20)17(3)7-11-5-6-15-18(11)4/h5-6,8,10H,7H2,1-4H3. The number of carbonyl (C=O) groups is 1. The molecule has 0 aliphatic carbocycles. The first-order valence-electron chi connectivity index (χ1n) is 6.33. The minimum atomic E-state index is -0.335. The van der Waals surface area contributed by atoms with E-state index in [0.29, 0.717) is 6.54 Å². The molecule has 1 unspecified atom stereocenters. The van der Waals surface area contributed by atoms with Gasteiger partial charge in [-0.1, -0.05) is 0 Å². The van der Waals surface area contributed by atoms with Crippen LogP contribution in [-0.2, 0) is 18.4 Å². The van der Waals surface area contributed by atoms with Crippen molar-refractivity contribution in [3.63, 3.8) is 0 Å². The predicted molar refractivity (Wildman–Crippen MR) is 79.1 cm³/mol. The number of aromatic nitrogens is 4. The van der Waals surface area contributed by atoms with E-state index in [-0.39, 0.29) is 11.9 Å². The molecule has 0 radical (unpaired) electrons. The molecular formula is C13H18BrN5O. The molecule has 2 heterocycles. The van der Waals surface area contributed by atoms with E-state index in [9.17, 15) is 4.79 Å². The van der Waals surface area contributed by atoms with Crippen molar-refractivity contribution in [2.75, 3.05) is 7.05 Å². The van der Waals surface area contributed by atoms with Crippen molar-refractivity contribution in [2.45, 2.75) is 26.4 Å². The van der Waals surface area contributed by atoms with Crippen molar-refractivity contribution in [3.8, 4) is 0 Å². The van der Waals surface area contributed by atoms with Crippen LogP contribution in [-0.4, -0.2) is 37.4 Å². The number of rotatable bonds is 4. The second-order valence-electron chi connectivity index (χ2n) is 4.86. The van der Waals surface area contributed by atoms with Crippen molar-refractivity contribution >= 4 is 21.8 Å². The molecule has 0 spiro atoms. The van der Waals surface area contributed by atoms with E-state index in [0.717, 1.165) is 15.9 Å². The van der Waals surface area contributed by atoms with Crippen LogP contribution in [0.2, 0.25) is 0 Å². The van der Waals surface area contributed by atoms with Gasteiger partial charge in [0.2, 0.25) is 5.91 Å². The van der Waals surface area contributed by atoms with E-state index in [1.165, 1.54) is 0 Å². The second kappa shape index (κ2) is 5.78. The Labute approximate surface area is 126 Å². The minimum Gasteiger partial charge on any atom is -0.338 e. The highest BCUT2D eigenvalue weighted by atomic mass is 79.9. The monoisotopic (exact) mass is 339 g/mol. The van der Waals surface area contributed by atoms with Crippen molar-refractivity contribution in [3.05, 3.63) is 34.3 Å². The van der Waals surface area contributed by atoms with Crippen LogP contribution in [0.5, 0.6) is 0 Å². The van der Waals surface area contributed by atoms with Crippen LogP contribution in [0.15, 0.2) is 22.9 Å². The number of nitrogens with zero attached hydrogens (tertiary/aromatic N) is 5. The maximum atomic E-state index is 12.4. The van der Waals surface area contributed by atoms with Crippen molar-refractivity contribution < 1.29 is 4.79 Å². The first kappa shape index (κ1) is 14.8. The van der Waals surface area contributed by atoms with Crippen LogP contribution in [0.25, 0.3) is 0 Å². The van der Waals surface area contributed by atoms with Crippen LogP contribution in [0, 0.1) is 6.92 Å². The quantitative estimate of drug-likeness (QED) is 0.854. The summed E-state index contributed by atoms with van der Waals surface area (Å²) in [6.07, 6.45) is 3.56. The van der Waals surface area contributed by atoms with E-state index in [1.807, 2.05) is 33.2 Å². The van der Waals surface area contributed by atoms with Crippen molar-refractivity contribution in [1.82, 2.24) is 24.5 Å². The summed E-state index contributed by atoms with van der Waals surface area (Å²) in [6, 6.07) is 1.57. The fraction of sp³-hybridized carbons (Fsp3) is 0.462. The summed E-state index contributed by atoms with van der Waals surface area (Å²) in [4.78, 5) is 14.1. The van der Waals surface area contributed by atoms with Crippen LogP contribution in [0.4, 0.5) is 0 Å². The Morgan fingerprint density at radius 3 is 2.75 bits per heavy atom. The topological polar surface area (TPSA) is 56.0 Å². The summed E-state index contributed by atoms with van der Waals surface area (Å²) in [5, 5.41) is 8.43. The maximum Gasteiger partial charge on any atom is 0.247 e. The molecule has 0 saturated carbocycles. The van der Waals surface area contributed by atoms with Crippen molar-refractivity contribution in [1.29, 1.82) is 0 Å². The lowest BCUT2D eigenvalue weighted by Gasteiger charge is -2.21. The Kier molecular flexibility index (Phi) is 4.27. The van der Waals surface area contributed by atoms with Crippen LogP contribution in [0.3, 0.4) is 0 Å². The molecule has 0 N–H and O–H groups in total. The van der Waals surface area contributed by atoms with Crippen LogP contribution >= 0.6 is 15.9 Å². The van der Waals surface area contributed by atoms with Gasteiger partial charge >= 0.3 is 0 Å². The van der Waals surface area contributed by atoms with E-state index in [2.05, 4.69) is 26.1 Å². The van der Waals surface area contributed by atoms with Gasteiger partial charge in [0.1, 0.15) is 6.04 Å². The molecule has 0 aliphatic rings. The van der Waals surface area contributed by atoms with Gasteiger partial charge in [-0.3, -0.25) is 14.2 Å². The molecule has 7 heteroatoms. The third kappa shape index (κ3) is 2.92. The summed E-state index contributed by atoms with van der Waals surface area (Å²) in [5.41, 5.74) is 1.87. The molecule has 0 saturated heterocycles. The highest BCUT2D eigenvalue weighted by Gasteiger charge is 2.21. The fourth-order valence-electron chi connectivity index (χ4n) is 1.97. The van der Waals surface area contributed by atoms with Gasteiger partial charge in [-0.25, -0.2) is 0 Å². The Bertz CT molecular complexity index is 599. The minimum absolute atomic E-state index is 0.0150. The molecule has 0 aliphatic heterocycles. The molecule has 20 heavy (non-hydrogen) atoms. The highest BCUT2D eigenvalue weighted by Crippen LogP contribution is 2.18. The molecule has 2 aromatic rings. The Balaban J connectivity index is 2.08. The normalized spacial score (nSPS) is 12.4. The van der Waals surface area contributed by atoms with Gasteiger partial charge in [0, 0.05) is 26.5 Å². The second-order valence-corrected chi connectivity index (χ2v) is 5.71. The summed E-state index contributed by atoms with van der Waals surface area (Å²) in [6.45, 7) is 4.28. The van der Waals surface area contributed by atoms with Crippen molar-refractivity contribution in [2.24, 2.45) is 7.05 Å². The van der Waals surface area contributed by atoms with E-state index < -0.39 is 0 Å². The largest absolute Gasteiger partial charge is 0.338 e. The average molecular weight is 340 g/mol. The molecule has 0 bridgehead atoms. The first-order chi connectivity index (χ1) is 9.40. The zero-order valence-corrected chi connectivity index (χ0v) is 13.6. The number of likely N-dealkylation sites (N-methyl/N-ethyl adjacent to an activating group) is 1. The number of hydrogen-bond acceptors (Lipinski definition) is 3. The lowest BCUT2D eigenvalue weighted by atomic mass is 10.3. The highest BCUT2D eigenvalue weighted by molar-refractivity contribution is 9.10. The maximum absolute atomic E-state index is 12.4. The molecule has 0 aromatic carbocycles. The Morgan fingerprint density at radius 2 is 2.25 bits per heavy atom. The number of halogens is 1. The Morgan fingerprint density at radius 1 is 1.55 bits per heavy atom. The summed E-state index contributed by atoms with van der Waals surface area (Å²) in [5.74, 6) is 0.0150. The molecule has 2 aromatic heterocycles. The van der Waals surface area contributed by atoms with Crippen LogP contribution in [0.1, 0.15) is 24.4 Å². The lowest BCUT2D eigenvalue weighted by molar-refractivity contribution is -0.133. The van der Waals surface area contributed by atoms with Gasteiger partial charge in [0.25, 0.3) is 0 Å². The third-order valence-electron chi connectivity index (χ3n) is 3.31. The smallest absolute Gasteiger partial charge is 0.247 e. The number of aryl methyl sites for hydroxylation is 2. The van der Waals surface area contributed by atoms with Gasteiger partial charge in [0.15, 0.2) is 0 Å². The molecule has 1 amide bonds. The predicted octanol–water partition coefficient (Wildman–Crippen LogP) is 1.91. The SMILES string of the molecule is Cc1nn(C(C)C(=O)N(C)Cc2ccnn2C)cc1Br. The van der Waals surface area contributed by atoms with Gasteiger partial charge < -0.3 is 4.90 Å². The molecule has 0 fully saturated rings. The summed E-state index contributed by atoms with van der Waals surface area (Å²) < 4.78 is 4.36. The number of carbonyl (C=O) groups excluding carboxylic acids is 1. The molecule has 108 valence electrons. The van der Waals surface area contributed by atoms with E-state index >= 15 is 0 Å². The van der Waals surface area contributed by atoms with Gasteiger partial charge in [0.05, 0.1) is 22.4 Å². The average Bonchev–Trinajstić information content (AvgIpc) is 2.95. The van der Waals surface area contributed by atoms with Gasteiger partial charge in [-0.05, 0) is 35.8 Å². The first-order valence-corrected chi connectivity index (χ1v) is 7.12. The van der Waals surface area contributed by atoms with E-state index in [4.69, 9.17) is 0 Å². The zero-order valence-electron chi connectivity index (χ0n) is 12.0. The van der Waals surface area contributed by atoms with Gasteiger partial charge in [-0.15, -0.1) is 0 Å². The Hall–Kier alpha value is -1.63. The molecular weight excluding hydrogens is 322 g/mol.